The number of benzene rings is 1. The molecular weight excluding hydrogens is 286 g/mol. The summed E-state index contributed by atoms with van der Waals surface area (Å²) in [6, 6.07) is 6.37. The van der Waals surface area contributed by atoms with Gasteiger partial charge in [0.05, 0.1) is 12.7 Å². The average Bonchev–Trinajstić information content (AvgIpc) is 2.93. The van der Waals surface area contributed by atoms with Crippen LogP contribution in [0.1, 0.15) is 26.6 Å². The molecular formula is C15H17N3O4. The van der Waals surface area contributed by atoms with Crippen LogP contribution in [0.3, 0.4) is 0 Å². The molecule has 1 aromatic heterocycles. The Labute approximate surface area is 127 Å². The van der Waals surface area contributed by atoms with Crippen LogP contribution in [-0.4, -0.2) is 43.1 Å². The lowest BCUT2D eigenvalue weighted by Crippen LogP contribution is -2.22. The number of nitrogens with zero attached hydrogens (tertiary/aromatic N) is 2. The molecule has 7 heteroatoms. The molecule has 1 heterocycles. The Kier molecular flexibility index (Phi) is 4.45. The summed E-state index contributed by atoms with van der Waals surface area (Å²) in [5, 5.41) is 6.31. The van der Waals surface area contributed by atoms with Gasteiger partial charge < -0.3 is 19.5 Å². The van der Waals surface area contributed by atoms with Crippen LogP contribution >= 0.6 is 0 Å². The van der Waals surface area contributed by atoms with E-state index in [-0.39, 0.29) is 11.6 Å². The fourth-order valence-electron chi connectivity index (χ4n) is 1.86. The molecule has 0 spiro atoms. The molecule has 0 saturated heterocycles. The van der Waals surface area contributed by atoms with Crippen LogP contribution in [0, 0.1) is 6.92 Å². The predicted molar refractivity (Wildman–Crippen MR) is 80.2 cm³/mol. The second-order valence-corrected chi connectivity index (χ2v) is 4.89. The molecule has 1 aromatic carbocycles. The monoisotopic (exact) mass is 303 g/mol. The van der Waals surface area contributed by atoms with Crippen molar-refractivity contribution in [1.82, 2.24) is 10.1 Å². The van der Waals surface area contributed by atoms with Crippen LogP contribution in [0.2, 0.25) is 0 Å². The van der Waals surface area contributed by atoms with Crippen molar-refractivity contribution in [2.75, 3.05) is 26.5 Å². The van der Waals surface area contributed by atoms with E-state index in [4.69, 9.17) is 9.26 Å². The minimum atomic E-state index is -0.412. The van der Waals surface area contributed by atoms with Crippen LogP contribution in [0.4, 0.5) is 5.69 Å². The summed E-state index contributed by atoms with van der Waals surface area (Å²) in [6.07, 6.45) is 0. The van der Waals surface area contributed by atoms with Crippen molar-refractivity contribution >= 4 is 17.5 Å². The normalized spacial score (nSPS) is 10.2. The summed E-state index contributed by atoms with van der Waals surface area (Å²) in [4.78, 5) is 25.6. The van der Waals surface area contributed by atoms with Gasteiger partial charge in [-0.25, -0.2) is 0 Å². The molecule has 0 aliphatic heterocycles. The number of hydrogen-bond donors (Lipinski definition) is 1. The zero-order chi connectivity index (χ0) is 16.3. The largest absolute Gasteiger partial charge is 0.496 e. The van der Waals surface area contributed by atoms with Gasteiger partial charge in [0.1, 0.15) is 11.5 Å². The molecule has 0 aliphatic carbocycles. The van der Waals surface area contributed by atoms with Gasteiger partial charge in [0.15, 0.2) is 5.69 Å². The van der Waals surface area contributed by atoms with E-state index in [1.54, 1.807) is 39.2 Å². The first-order chi connectivity index (χ1) is 10.4. The van der Waals surface area contributed by atoms with Crippen molar-refractivity contribution in [2.45, 2.75) is 6.92 Å². The number of carbonyl (C=O) groups is 2. The van der Waals surface area contributed by atoms with E-state index in [9.17, 15) is 9.59 Å². The SMILES string of the molecule is COc1ccc(NC(=O)c2cc(C)on2)cc1C(=O)N(C)C. The van der Waals surface area contributed by atoms with Crippen molar-refractivity contribution in [3.05, 3.63) is 41.3 Å². The predicted octanol–water partition coefficient (Wildman–Crippen LogP) is 1.95. The molecule has 116 valence electrons. The topological polar surface area (TPSA) is 84.7 Å². The lowest BCUT2D eigenvalue weighted by Gasteiger charge is -2.14. The molecule has 1 N–H and O–H groups in total. The molecule has 2 aromatic rings. The van der Waals surface area contributed by atoms with E-state index in [0.717, 1.165) is 0 Å². The number of aryl methyl sites for hydroxylation is 1. The molecule has 22 heavy (non-hydrogen) atoms. The third-order valence-electron chi connectivity index (χ3n) is 2.95. The van der Waals surface area contributed by atoms with Gasteiger partial charge in [0.25, 0.3) is 11.8 Å². The van der Waals surface area contributed by atoms with E-state index in [2.05, 4.69) is 10.5 Å². The number of carbonyl (C=O) groups excluding carboxylic acids is 2. The quantitative estimate of drug-likeness (QED) is 0.933. The molecule has 0 fully saturated rings. The summed E-state index contributed by atoms with van der Waals surface area (Å²) in [7, 11) is 4.77. The maximum atomic E-state index is 12.1. The second-order valence-electron chi connectivity index (χ2n) is 4.89. The van der Waals surface area contributed by atoms with Crippen LogP contribution in [-0.2, 0) is 0 Å². The number of anilines is 1. The molecule has 0 aliphatic rings. The fraction of sp³-hybridized carbons (Fsp3) is 0.267. The van der Waals surface area contributed by atoms with Crippen molar-refractivity contribution in [3.63, 3.8) is 0 Å². The van der Waals surface area contributed by atoms with Gasteiger partial charge in [-0.15, -0.1) is 0 Å². The van der Waals surface area contributed by atoms with E-state index in [1.165, 1.54) is 18.1 Å². The number of hydrogen-bond acceptors (Lipinski definition) is 5. The Bertz CT molecular complexity index is 707. The van der Waals surface area contributed by atoms with Crippen molar-refractivity contribution < 1.29 is 18.8 Å². The zero-order valence-electron chi connectivity index (χ0n) is 12.8. The first-order valence-corrected chi connectivity index (χ1v) is 6.56. The Morgan fingerprint density at radius 2 is 2.00 bits per heavy atom. The summed E-state index contributed by atoms with van der Waals surface area (Å²) >= 11 is 0. The van der Waals surface area contributed by atoms with Crippen molar-refractivity contribution in [2.24, 2.45) is 0 Å². The third kappa shape index (κ3) is 3.25. The molecule has 7 nitrogen and oxygen atoms in total. The summed E-state index contributed by atoms with van der Waals surface area (Å²) in [5.74, 6) is 0.354. The van der Waals surface area contributed by atoms with Gasteiger partial charge in [-0.3, -0.25) is 9.59 Å². The van der Waals surface area contributed by atoms with Gasteiger partial charge >= 0.3 is 0 Å². The first kappa shape index (κ1) is 15.6. The molecule has 0 saturated carbocycles. The number of rotatable bonds is 4. The van der Waals surface area contributed by atoms with Gasteiger partial charge in [0, 0.05) is 25.8 Å². The third-order valence-corrected chi connectivity index (χ3v) is 2.95. The summed E-state index contributed by atoms with van der Waals surface area (Å²) in [5.41, 5.74) is 1.01. The van der Waals surface area contributed by atoms with Crippen LogP contribution in [0.5, 0.6) is 5.75 Å². The van der Waals surface area contributed by atoms with E-state index < -0.39 is 5.91 Å². The molecule has 0 atom stereocenters. The van der Waals surface area contributed by atoms with Crippen LogP contribution in [0.15, 0.2) is 28.8 Å². The Morgan fingerprint density at radius 1 is 1.27 bits per heavy atom. The number of ether oxygens (including phenoxy) is 1. The Morgan fingerprint density at radius 3 is 2.55 bits per heavy atom. The summed E-state index contributed by atoms with van der Waals surface area (Å²) < 4.78 is 10.0. The molecule has 0 radical (unpaired) electrons. The first-order valence-electron chi connectivity index (χ1n) is 6.56. The number of amides is 2. The average molecular weight is 303 g/mol. The van der Waals surface area contributed by atoms with Gasteiger partial charge in [-0.2, -0.15) is 0 Å². The number of nitrogens with one attached hydrogen (secondary N) is 1. The minimum Gasteiger partial charge on any atom is -0.496 e. The van der Waals surface area contributed by atoms with Gasteiger partial charge in [0.2, 0.25) is 0 Å². The highest BCUT2D eigenvalue weighted by Gasteiger charge is 2.17. The van der Waals surface area contributed by atoms with Crippen molar-refractivity contribution in [1.29, 1.82) is 0 Å². The Hall–Kier alpha value is -2.83. The number of methoxy groups -OCH3 is 1. The maximum Gasteiger partial charge on any atom is 0.277 e. The fourth-order valence-corrected chi connectivity index (χ4v) is 1.86. The lowest BCUT2D eigenvalue weighted by atomic mass is 10.1. The zero-order valence-corrected chi connectivity index (χ0v) is 12.8. The van der Waals surface area contributed by atoms with Crippen LogP contribution < -0.4 is 10.1 Å². The highest BCUT2D eigenvalue weighted by atomic mass is 16.5. The van der Waals surface area contributed by atoms with E-state index in [0.29, 0.717) is 22.8 Å². The maximum absolute atomic E-state index is 12.1. The molecule has 2 amide bonds. The van der Waals surface area contributed by atoms with Crippen molar-refractivity contribution in [3.8, 4) is 5.75 Å². The smallest absolute Gasteiger partial charge is 0.277 e. The highest BCUT2D eigenvalue weighted by molar-refractivity contribution is 6.04. The lowest BCUT2D eigenvalue weighted by molar-refractivity contribution is 0.0824. The number of aromatic nitrogens is 1. The van der Waals surface area contributed by atoms with Gasteiger partial charge in [-0.1, -0.05) is 5.16 Å². The second kappa shape index (κ2) is 6.30. The Balaban J connectivity index is 2.27. The summed E-state index contributed by atoms with van der Waals surface area (Å²) in [6.45, 7) is 1.70. The van der Waals surface area contributed by atoms with Crippen LogP contribution in [0.25, 0.3) is 0 Å². The standard InChI is InChI=1S/C15H17N3O4/c1-9-7-12(17-22-9)14(19)16-10-5-6-13(21-4)11(8-10)15(20)18(2)3/h5-8H,1-4H3,(H,16,19). The molecule has 0 bridgehead atoms. The molecule has 2 rings (SSSR count). The van der Waals surface area contributed by atoms with E-state index >= 15 is 0 Å². The van der Waals surface area contributed by atoms with Gasteiger partial charge in [-0.05, 0) is 25.1 Å². The highest BCUT2D eigenvalue weighted by Crippen LogP contribution is 2.24. The minimum absolute atomic E-state index is 0.175. The van der Waals surface area contributed by atoms with E-state index in [1.807, 2.05) is 0 Å². The molecule has 0 unspecified atom stereocenters.